The summed E-state index contributed by atoms with van der Waals surface area (Å²) >= 11 is 0. The molecule has 18 heavy (non-hydrogen) atoms. The molecule has 0 atom stereocenters. The van der Waals surface area contributed by atoms with E-state index < -0.39 is 0 Å². The standard InChI is InChI=1S/C14H13NO3/c1-10-3-8-13(15-9-10)18-12-6-4-11(5-7-12)14(16)17-2/h3-9H,1-2H3. The molecule has 0 fully saturated rings. The number of ether oxygens (including phenoxy) is 2. The largest absolute Gasteiger partial charge is 0.465 e. The predicted octanol–water partition coefficient (Wildman–Crippen LogP) is 2.97. The number of pyridine rings is 1. The molecule has 1 aromatic heterocycles. The molecular weight excluding hydrogens is 230 g/mol. The van der Waals surface area contributed by atoms with Gasteiger partial charge in [0.15, 0.2) is 0 Å². The van der Waals surface area contributed by atoms with Crippen LogP contribution in [0.5, 0.6) is 11.6 Å². The van der Waals surface area contributed by atoms with E-state index in [1.807, 2.05) is 13.0 Å². The molecule has 0 saturated carbocycles. The van der Waals surface area contributed by atoms with Crippen molar-refractivity contribution < 1.29 is 14.3 Å². The van der Waals surface area contributed by atoms with E-state index in [2.05, 4.69) is 9.72 Å². The van der Waals surface area contributed by atoms with Crippen LogP contribution in [0.15, 0.2) is 42.6 Å². The van der Waals surface area contributed by atoms with Crippen molar-refractivity contribution in [3.05, 3.63) is 53.7 Å². The highest BCUT2D eigenvalue weighted by molar-refractivity contribution is 5.89. The Bertz CT molecular complexity index is 532. The van der Waals surface area contributed by atoms with Crippen LogP contribution >= 0.6 is 0 Å². The first-order chi connectivity index (χ1) is 8.69. The number of hydrogen-bond donors (Lipinski definition) is 0. The van der Waals surface area contributed by atoms with Crippen LogP contribution in [0.2, 0.25) is 0 Å². The van der Waals surface area contributed by atoms with E-state index in [1.54, 1.807) is 36.5 Å². The number of hydrogen-bond acceptors (Lipinski definition) is 4. The number of methoxy groups -OCH3 is 1. The maximum atomic E-state index is 11.2. The molecule has 2 aromatic rings. The van der Waals surface area contributed by atoms with Crippen molar-refractivity contribution >= 4 is 5.97 Å². The monoisotopic (exact) mass is 243 g/mol. The highest BCUT2D eigenvalue weighted by atomic mass is 16.5. The number of aromatic nitrogens is 1. The number of benzene rings is 1. The summed E-state index contributed by atoms with van der Waals surface area (Å²) in [6.07, 6.45) is 1.73. The quantitative estimate of drug-likeness (QED) is 0.777. The molecule has 0 N–H and O–H groups in total. The van der Waals surface area contributed by atoms with Crippen LogP contribution in [0.1, 0.15) is 15.9 Å². The van der Waals surface area contributed by atoms with Crippen molar-refractivity contribution in [3.63, 3.8) is 0 Å². The lowest BCUT2D eigenvalue weighted by atomic mass is 10.2. The molecule has 0 bridgehead atoms. The van der Waals surface area contributed by atoms with Gasteiger partial charge in [0.25, 0.3) is 0 Å². The molecule has 4 heteroatoms. The van der Waals surface area contributed by atoms with E-state index in [-0.39, 0.29) is 5.97 Å². The van der Waals surface area contributed by atoms with Gasteiger partial charge in [-0.15, -0.1) is 0 Å². The third-order valence-electron chi connectivity index (χ3n) is 2.38. The van der Waals surface area contributed by atoms with Gasteiger partial charge in [0, 0.05) is 12.3 Å². The Kier molecular flexibility index (Phi) is 3.57. The van der Waals surface area contributed by atoms with Crippen molar-refractivity contribution in [1.82, 2.24) is 4.98 Å². The minimum absolute atomic E-state index is 0.366. The molecule has 0 saturated heterocycles. The maximum absolute atomic E-state index is 11.2. The third-order valence-corrected chi connectivity index (χ3v) is 2.38. The molecule has 0 aliphatic rings. The highest BCUT2D eigenvalue weighted by Gasteiger charge is 2.05. The van der Waals surface area contributed by atoms with Crippen LogP contribution in [0.4, 0.5) is 0 Å². The number of carbonyl (C=O) groups excluding carboxylic acids is 1. The number of nitrogens with zero attached hydrogens (tertiary/aromatic N) is 1. The smallest absolute Gasteiger partial charge is 0.337 e. The molecule has 2 rings (SSSR count). The maximum Gasteiger partial charge on any atom is 0.337 e. The van der Waals surface area contributed by atoms with E-state index >= 15 is 0 Å². The fraction of sp³-hybridized carbons (Fsp3) is 0.143. The zero-order valence-corrected chi connectivity index (χ0v) is 10.2. The number of rotatable bonds is 3. The lowest BCUT2D eigenvalue weighted by molar-refractivity contribution is 0.0600. The van der Waals surface area contributed by atoms with Gasteiger partial charge in [0.05, 0.1) is 12.7 Å². The van der Waals surface area contributed by atoms with Gasteiger partial charge in [-0.3, -0.25) is 0 Å². The summed E-state index contributed by atoms with van der Waals surface area (Å²) < 4.78 is 10.2. The fourth-order valence-corrected chi connectivity index (χ4v) is 1.41. The van der Waals surface area contributed by atoms with Crippen molar-refractivity contribution in [2.24, 2.45) is 0 Å². The summed E-state index contributed by atoms with van der Waals surface area (Å²) in [5.41, 5.74) is 1.56. The Hall–Kier alpha value is -2.36. The predicted molar refractivity (Wildman–Crippen MR) is 66.8 cm³/mol. The van der Waals surface area contributed by atoms with Crippen LogP contribution < -0.4 is 4.74 Å². The minimum Gasteiger partial charge on any atom is -0.465 e. The molecule has 4 nitrogen and oxygen atoms in total. The zero-order chi connectivity index (χ0) is 13.0. The summed E-state index contributed by atoms with van der Waals surface area (Å²) in [7, 11) is 1.35. The van der Waals surface area contributed by atoms with E-state index in [1.165, 1.54) is 7.11 Å². The summed E-state index contributed by atoms with van der Waals surface area (Å²) in [6.45, 7) is 1.96. The second-order valence-corrected chi connectivity index (χ2v) is 3.79. The molecular formula is C14H13NO3. The normalized spacial score (nSPS) is 9.89. The first-order valence-electron chi connectivity index (χ1n) is 5.48. The van der Waals surface area contributed by atoms with Gasteiger partial charge in [-0.1, -0.05) is 6.07 Å². The van der Waals surface area contributed by atoms with E-state index in [4.69, 9.17) is 4.74 Å². The van der Waals surface area contributed by atoms with Crippen LogP contribution in [0.25, 0.3) is 0 Å². The van der Waals surface area contributed by atoms with Gasteiger partial charge in [-0.05, 0) is 36.8 Å². The summed E-state index contributed by atoms with van der Waals surface area (Å²) in [4.78, 5) is 15.4. The molecule has 1 aromatic carbocycles. The number of carbonyl (C=O) groups is 1. The minimum atomic E-state index is -0.366. The van der Waals surface area contributed by atoms with Crippen molar-refractivity contribution in [2.75, 3.05) is 7.11 Å². The fourth-order valence-electron chi connectivity index (χ4n) is 1.41. The van der Waals surface area contributed by atoms with Crippen molar-refractivity contribution in [2.45, 2.75) is 6.92 Å². The lowest BCUT2D eigenvalue weighted by Crippen LogP contribution is -2.00. The van der Waals surface area contributed by atoms with Gasteiger partial charge in [0.1, 0.15) is 5.75 Å². The average Bonchev–Trinajstić information content (AvgIpc) is 2.41. The van der Waals surface area contributed by atoms with Crippen LogP contribution in [0, 0.1) is 6.92 Å². The molecule has 0 aliphatic heterocycles. The molecule has 0 radical (unpaired) electrons. The van der Waals surface area contributed by atoms with E-state index in [0.717, 1.165) is 5.56 Å². The van der Waals surface area contributed by atoms with Crippen molar-refractivity contribution in [3.8, 4) is 11.6 Å². The zero-order valence-electron chi connectivity index (χ0n) is 10.2. The van der Waals surface area contributed by atoms with Gasteiger partial charge < -0.3 is 9.47 Å². The summed E-state index contributed by atoms with van der Waals surface area (Å²) in [6, 6.07) is 10.4. The Balaban J connectivity index is 2.10. The van der Waals surface area contributed by atoms with Gasteiger partial charge in [0.2, 0.25) is 5.88 Å². The molecule has 0 amide bonds. The van der Waals surface area contributed by atoms with E-state index in [0.29, 0.717) is 17.2 Å². The van der Waals surface area contributed by atoms with Crippen LogP contribution in [0.3, 0.4) is 0 Å². The SMILES string of the molecule is COC(=O)c1ccc(Oc2ccc(C)cn2)cc1. The second kappa shape index (κ2) is 5.31. The number of aryl methyl sites for hydroxylation is 1. The summed E-state index contributed by atoms with van der Waals surface area (Å²) in [5.74, 6) is 0.778. The topological polar surface area (TPSA) is 48.4 Å². The molecule has 0 aliphatic carbocycles. The second-order valence-electron chi connectivity index (χ2n) is 3.79. The average molecular weight is 243 g/mol. The first kappa shape index (κ1) is 12.1. The third kappa shape index (κ3) is 2.85. The Morgan fingerprint density at radius 1 is 1.11 bits per heavy atom. The first-order valence-corrected chi connectivity index (χ1v) is 5.48. The molecule has 92 valence electrons. The van der Waals surface area contributed by atoms with Crippen molar-refractivity contribution in [1.29, 1.82) is 0 Å². The number of esters is 1. The van der Waals surface area contributed by atoms with Gasteiger partial charge >= 0.3 is 5.97 Å². The van der Waals surface area contributed by atoms with Crippen LogP contribution in [-0.4, -0.2) is 18.1 Å². The molecule has 0 unspecified atom stereocenters. The molecule has 1 heterocycles. The van der Waals surface area contributed by atoms with Crippen LogP contribution in [-0.2, 0) is 4.74 Å². The van der Waals surface area contributed by atoms with E-state index in [9.17, 15) is 4.79 Å². The molecule has 0 spiro atoms. The summed E-state index contributed by atoms with van der Waals surface area (Å²) in [5, 5.41) is 0. The van der Waals surface area contributed by atoms with Gasteiger partial charge in [-0.2, -0.15) is 0 Å². The Morgan fingerprint density at radius 2 is 1.83 bits per heavy atom. The highest BCUT2D eigenvalue weighted by Crippen LogP contribution is 2.19. The lowest BCUT2D eigenvalue weighted by Gasteiger charge is -2.05. The Labute approximate surface area is 105 Å². The Morgan fingerprint density at radius 3 is 2.39 bits per heavy atom. The van der Waals surface area contributed by atoms with Gasteiger partial charge in [-0.25, -0.2) is 9.78 Å².